The summed E-state index contributed by atoms with van der Waals surface area (Å²) in [5, 5.41) is 3.08. The average molecular weight is 469 g/mol. The van der Waals surface area contributed by atoms with Gasteiger partial charge in [0.25, 0.3) is 0 Å². The van der Waals surface area contributed by atoms with E-state index in [2.05, 4.69) is 27.4 Å². The predicted octanol–water partition coefficient (Wildman–Crippen LogP) is 4.32. The molecule has 2 aromatic heterocycles. The quantitative estimate of drug-likeness (QED) is 0.446. The van der Waals surface area contributed by atoms with Crippen LogP contribution in [0, 0.1) is 12.7 Å². The molecule has 9 heteroatoms. The zero-order valence-electron chi connectivity index (χ0n) is 17.4. The van der Waals surface area contributed by atoms with Gasteiger partial charge in [0.15, 0.2) is 0 Å². The van der Waals surface area contributed by atoms with E-state index >= 15 is 0 Å². The van der Waals surface area contributed by atoms with Gasteiger partial charge in [0.2, 0.25) is 10.0 Å². The SMILES string of the molecule is Cc1nc(N2CCN(S(=O)(=O)c3ccccc3F)CC2)c2c(-c3ccccc3)csc2n1. The number of piperazine rings is 1. The van der Waals surface area contributed by atoms with Gasteiger partial charge in [-0.25, -0.2) is 22.8 Å². The zero-order valence-corrected chi connectivity index (χ0v) is 19.0. The number of aromatic nitrogens is 2. The van der Waals surface area contributed by atoms with Crippen LogP contribution in [0.4, 0.5) is 10.2 Å². The summed E-state index contributed by atoms with van der Waals surface area (Å²) in [7, 11) is -3.89. The molecule has 164 valence electrons. The van der Waals surface area contributed by atoms with E-state index in [1.54, 1.807) is 11.3 Å². The monoisotopic (exact) mass is 468 g/mol. The summed E-state index contributed by atoms with van der Waals surface area (Å²) in [6.07, 6.45) is 0. The Labute approximate surface area is 190 Å². The Morgan fingerprint density at radius 2 is 1.62 bits per heavy atom. The Bertz CT molecular complexity index is 1380. The van der Waals surface area contributed by atoms with Crippen LogP contribution in [-0.4, -0.2) is 48.9 Å². The summed E-state index contributed by atoms with van der Waals surface area (Å²) in [5.41, 5.74) is 2.16. The van der Waals surface area contributed by atoms with Crippen LogP contribution < -0.4 is 4.90 Å². The first-order valence-electron chi connectivity index (χ1n) is 10.3. The van der Waals surface area contributed by atoms with E-state index in [1.807, 2.05) is 25.1 Å². The molecular weight excluding hydrogens is 447 g/mol. The standard InChI is InChI=1S/C23H21FN4O2S2/c1-16-25-22(21-18(15-31-23(21)26-16)17-7-3-2-4-8-17)27-11-13-28(14-12-27)32(29,30)20-10-6-5-9-19(20)24/h2-10,15H,11-14H2,1H3. The predicted molar refractivity (Wildman–Crippen MR) is 125 cm³/mol. The van der Waals surface area contributed by atoms with Gasteiger partial charge < -0.3 is 4.90 Å². The van der Waals surface area contributed by atoms with Crippen molar-refractivity contribution in [1.82, 2.24) is 14.3 Å². The van der Waals surface area contributed by atoms with Crippen LogP contribution in [0.1, 0.15) is 5.82 Å². The van der Waals surface area contributed by atoms with Gasteiger partial charge in [-0.05, 0) is 24.6 Å². The molecule has 0 aliphatic carbocycles. The van der Waals surface area contributed by atoms with E-state index in [0.717, 1.165) is 27.2 Å². The van der Waals surface area contributed by atoms with Crippen molar-refractivity contribution < 1.29 is 12.8 Å². The maximum atomic E-state index is 14.1. The van der Waals surface area contributed by atoms with E-state index < -0.39 is 15.8 Å². The van der Waals surface area contributed by atoms with Crippen LogP contribution in [-0.2, 0) is 10.0 Å². The van der Waals surface area contributed by atoms with Crippen molar-refractivity contribution in [3.05, 3.63) is 71.6 Å². The zero-order chi connectivity index (χ0) is 22.3. The third kappa shape index (κ3) is 3.66. The van der Waals surface area contributed by atoms with Crippen LogP contribution in [0.5, 0.6) is 0 Å². The van der Waals surface area contributed by atoms with E-state index in [9.17, 15) is 12.8 Å². The lowest BCUT2D eigenvalue weighted by Gasteiger charge is -2.35. The van der Waals surface area contributed by atoms with Crippen molar-refractivity contribution in [1.29, 1.82) is 0 Å². The molecule has 1 saturated heterocycles. The Hall–Kier alpha value is -2.88. The van der Waals surface area contributed by atoms with Crippen LogP contribution in [0.15, 0.2) is 64.9 Å². The van der Waals surface area contributed by atoms with Crippen LogP contribution in [0.25, 0.3) is 21.3 Å². The molecule has 6 nitrogen and oxygen atoms in total. The van der Waals surface area contributed by atoms with Crippen LogP contribution in [0.3, 0.4) is 0 Å². The fraction of sp³-hybridized carbons (Fsp3) is 0.217. The lowest BCUT2D eigenvalue weighted by molar-refractivity contribution is 0.381. The first-order chi connectivity index (χ1) is 15.4. The van der Waals surface area contributed by atoms with Crippen molar-refractivity contribution in [3.8, 4) is 11.1 Å². The first kappa shape index (κ1) is 21.0. The summed E-state index contributed by atoms with van der Waals surface area (Å²) in [5.74, 6) is 0.764. The van der Waals surface area contributed by atoms with Crippen molar-refractivity contribution in [2.75, 3.05) is 31.1 Å². The Morgan fingerprint density at radius 3 is 2.34 bits per heavy atom. The van der Waals surface area contributed by atoms with Gasteiger partial charge in [0.1, 0.15) is 27.2 Å². The van der Waals surface area contributed by atoms with Crippen molar-refractivity contribution in [2.24, 2.45) is 0 Å². The van der Waals surface area contributed by atoms with Crippen LogP contribution >= 0.6 is 11.3 Å². The molecule has 3 heterocycles. The molecule has 0 N–H and O–H groups in total. The van der Waals surface area contributed by atoms with Gasteiger partial charge in [-0.2, -0.15) is 4.31 Å². The molecule has 4 aromatic rings. The van der Waals surface area contributed by atoms with E-state index in [0.29, 0.717) is 18.9 Å². The third-order valence-electron chi connectivity index (χ3n) is 5.60. The molecule has 1 aliphatic rings. The highest BCUT2D eigenvalue weighted by molar-refractivity contribution is 7.89. The Kier molecular flexibility index (Phi) is 5.40. The molecule has 32 heavy (non-hydrogen) atoms. The highest BCUT2D eigenvalue weighted by Crippen LogP contribution is 2.38. The van der Waals surface area contributed by atoms with Gasteiger partial charge in [-0.15, -0.1) is 11.3 Å². The molecule has 0 spiro atoms. The number of hydrogen-bond acceptors (Lipinski definition) is 6. The summed E-state index contributed by atoms with van der Waals surface area (Å²) >= 11 is 1.58. The number of nitrogens with zero attached hydrogens (tertiary/aromatic N) is 4. The second-order valence-electron chi connectivity index (χ2n) is 7.61. The molecule has 5 rings (SSSR count). The topological polar surface area (TPSA) is 66.4 Å². The maximum Gasteiger partial charge on any atom is 0.246 e. The maximum absolute atomic E-state index is 14.1. The molecule has 0 unspecified atom stereocenters. The van der Waals surface area contributed by atoms with Crippen molar-refractivity contribution >= 4 is 37.4 Å². The number of aryl methyl sites for hydroxylation is 1. The molecule has 0 amide bonds. The number of sulfonamides is 1. The molecule has 0 saturated carbocycles. The van der Waals surface area contributed by atoms with E-state index in [1.165, 1.54) is 28.6 Å². The highest BCUT2D eigenvalue weighted by Gasteiger charge is 2.31. The number of rotatable bonds is 4. The normalized spacial score (nSPS) is 15.4. The largest absolute Gasteiger partial charge is 0.353 e. The summed E-state index contributed by atoms with van der Waals surface area (Å²) in [6.45, 7) is 3.30. The minimum atomic E-state index is -3.89. The number of halogens is 1. The van der Waals surface area contributed by atoms with E-state index in [4.69, 9.17) is 4.98 Å². The lowest BCUT2D eigenvalue weighted by Crippen LogP contribution is -2.49. The van der Waals surface area contributed by atoms with E-state index in [-0.39, 0.29) is 18.0 Å². The van der Waals surface area contributed by atoms with Crippen LogP contribution in [0.2, 0.25) is 0 Å². The van der Waals surface area contributed by atoms with Gasteiger partial charge in [0, 0.05) is 37.1 Å². The molecule has 1 fully saturated rings. The Morgan fingerprint density at radius 1 is 0.938 bits per heavy atom. The number of benzene rings is 2. The second kappa shape index (κ2) is 8.23. The summed E-state index contributed by atoms with van der Waals surface area (Å²) < 4.78 is 41.4. The molecule has 0 radical (unpaired) electrons. The smallest absolute Gasteiger partial charge is 0.246 e. The minimum Gasteiger partial charge on any atom is -0.353 e. The molecule has 2 aromatic carbocycles. The fourth-order valence-electron chi connectivity index (χ4n) is 4.02. The highest BCUT2D eigenvalue weighted by atomic mass is 32.2. The molecule has 1 aliphatic heterocycles. The first-order valence-corrected chi connectivity index (χ1v) is 12.6. The van der Waals surface area contributed by atoms with Gasteiger partial charge in [-0.1, -0.05) is 42.5 Å². The molecule has 0 atom stereocenters. The Balaban J connectivity index is 1.47. The van der Waals surface area contributed by atoms with Crippen molar-refractivity contribution in [2.45, 2.75) is 11.8 Å². The summed E-state index contributed by atoms with van der Waals surface area (Å²) in [6, 6.07) is 15.6. The van der Waals surface area contributed by atoms with Gasteiger partial charge >= 0.3 is 0 Å². The molecular formula is C23H21FN4O2S2. The summed E-state index contributed by atoms with van der Waals surface area (Å²) in [4.78, 5) is 12.1. The number of fused-ring (bicyclic) bond motifs is 1. The van der Waals surface area contributed by atoms with Gasteiger partial charge in [-0.3, -0.25) is 0 Å². The number of anilines is 1. The number of thiophene rings is 1. The van der Waals surface area contributed by atoms with Gasteiger partial charge in [0.05, 0.1) is 5.39 Å². The number of hydrogen-bond donors (Lipinski definition) is 0. The van der Waals surface area contributed by atoms with Crippen molar-refractivity contribution in [3.63, 3.8) is 0 Å². The average Bonchev–Trinajstić information content (AvgIpc) is 3.23. The minimum absolute atomic E-state index is 0.256. The second-order valence-corrected chi connectivity index (χ2v) is 10.4. The lowest BCUT2D eigenvalue weighted by atomic mass is 10.1. The fourth-order valence-corrected chi connectivity index (χ4v) is 6.49. The molecule has 0 bridgehead atoms. The third-order valence-corrected chi connectivity index (χ3v) is 8.41.